The van der Waals surface area contributed by atoms with Gasteiger partial charge in [0.25, 0.3) is 5.56 Å². The topological polar surface area (TPSA) is 112 Å². The fourth-order valence-corrected chi connectivity index (χ4v) is 7.23. The third-order valence-corrected chi connectivity index (χ3v) is 8.67. The maximum absolute atomic E-state index is 16.0. The van der Waals surface area contributed by atoms with Crippen LogP contribution in [0, 0.1) is 11.8 Å². The number of fused-ring (bicyclic) bond motifs is 2. The summed E-state index contributed by atoms with van der Waals surface area (Å²) >= 11 is 1.63. The summed E-state index contributed by atoms with van der Waals surface area (Å²) in [7, 11) is 0. The van der Waals surface area contributed by atoms with Crippen molar-refractivity contribution in [1.82, 2.24) is 9.97 Å². The minimum Gasteiger partial charge on any atom is -0.504 e. The number of hydrogen-bond acceptors (Lipinski definition) is 5. The average Bonchev–Trinajstić information content (AvgIpc) is 3.46. The Labute approximate surface area is 177 Å². The fourth-order valence-electron chi connectivity index (χ4n) is 5.67. The van der Waals surface area contributed by atoms with Crippen LogP contribution in [0.4, 0.5) is 4.39 Å². The second-order valence-electron chi connectivity index (χ2n) is 8.97. The van der Waals surface area contributed by atoms with Crippen LogP contribution in [-0.2, 0) is 18.3 Å². The molecule has 8 heteroatoms. The molecule has 5 N–H and O–H groups in total. The molecule has 1 fully saturated rings. The minimum absolute atomic E-state index is 0.0329. The van der Waals surface area contributed by atoms with Crippen molar-refractivity contribution >= 4 is 17.1 Å². The van der Waals surface area contributed by atoms with E-state index in [0.717, 1.165) is 43.4 Å². The van der Waals surface area contributed by atoms with Gasteiger partial charge in [-0.25, -0.2) is 9.18 Å². The number of aromatic nitrogens is 2. The van der Waals surface area contributed by atoms with Crippen LogP contribution in [0.25, 0.3) is 5.76 Å². The summed E-state index contributed by atoms with van der Waals surface area (Å²) in [4.78, 5) is 31.3. The number of thiophene rings is 1. The van der Waals surface area contributed by atoms with Crippen molar-refractivity contribution in [3.05, 3.63) is 59.3 Å². The average molecular weight is 432 g/mol. The molecule has 3 aliphatic rings. The summed E-state index contributed by atoms with van der Waals surface area (Å²) in [6, 6.07) is 2.11. The van der Waals surface area contributed by atoms with Crippen LogP contribution in [0.2, 0.25) is 0 Å². The molecule has 6 nitrogen and oxygen atoms in total. The summed E-state index contributed by atoms with van der Waals surface area (Å²) < 4.78 is 16.0. The highest BCUT2D eigenvalue weighted by Gasteiger charge is 2.59. The van der Waals surface area contributed by atoms with Crippen LogP contribution < -0.4 is 17.0 Å². The highest BCUT2D eigenvalue weighted by Crippen LogP contribution is 2.63. The number of aromatic amines is 2. The van der Waals surface area contributed by atoms with Crippen LogP contribution in [0.3, 0.4) is 0 Å². The summed E-state index contributed by atoms with van der Waals surface area (Å²) in [5, 5.41) is 10.8. The molecule has 3 aliphatic carbocycles. The monoisotopic (exact) mass is 431 g/mol. The number of allylic oxidation sites excluding steroid dienone is 1. The van der Waals surface area contributed by atoms with E-state index in [1.807, 2.05) is 6.92 Å². The quantitative estimate of drug-likeness (QED) is 0.595. The number of H-pyrrole nitrogens is 2. The lowest BCUT2D eigenvalue weighted by molar-refractivity contribution is 0.283. The molecule has 2 heterocycles. The lowest BCUT2D eigenvalue weighted by atomic mass is 9.64. The SMILES string of the molecule is CC1c2[nH]c(=O)[nH]c(=O)c2C(O)=C(F)C1(c1cc2c(s1)CCC(CCN)C2)C1CC1. The Morgan fingerprint density at radius 3 is 2.77 bits per heavy atom. The Morgan fingerprint density at radius 1 is 1.30 bits per heavy atom. The second-order valence-corrected chi connectivity index (χ2v) is 10.1. The van der Waals surface area contributed by atoms with Gasteiger partial charge in [-0.2, -0.15) is 0 Å². The van der Waals surface area contributed by atoms with E-state index >= 15 is 4.39 Å². The Kier molecular flexibility index (Phi) is 4.56. The largest absolute Gasteiger partial charge is 0.504 e. The number of aliphatic hydroxyl groups is 1. The first-order valence-corrected chi connectivity index (χ1v) is 11.5. The van der Waals surface area contributed by atoms with Crippen molar-refractivity contribution in [3.63, 3.8) is 0 Å². The van der Waals surface area contributed by atoms with Gasteiger partial charge >= 0.3 is 5.69 Å². The van der Waals surface area contributed by atoms with E-state index < -0.39 is 34.2 Å². The highest BCUT2D eigenvalue weighted by atomic mass is 32.1. The van der Waals surface area contributed by atoms with Gasteiger partial charge < -0.3 is 15.8 Å². The number of aliphatic hydroxyl groups excluding tert-OH is 1. The van der Waals surface area contributed by atoms with Gasteiger partial charge in [0.15, 0.2) is 11.6 Å². The molecule has 0 bridgehead atoms. The first kappa shape index (κ1) is 19.8. The summed E-state index contributed by atoms with van der Waals surface area (Å²) in [5.74, 6) is -1.16. The van der Waals surface area contributed by atoms with Gasteiger partial charge in [0, 0.05) is 21.4 Å². The molecule has 3 unspecified atom stereocenters. The molecule has 160 valence electrons. The van der Waals surface area contributed by atoms with Crippen LogP contribution in [-0.4, -0.2) is 21.6 Å². The molecule has 5 rings (SSSR count). The summed E-state index contributed by atoms with van der Waals surface area (Å²) in [6.07, 6.45) is 5.69. The zero-order chi connectivity index (χ0) is 21.2. The lowest BCUT2D eigenvalue weighted by Crippen LogP contribution is -2.42. The van der Waals surface area contributed by atoms with Gasteiger partial charge in [0.1, 0.15) is 5.56 Å². The molecule has 2 aromatic heterocycles. The van der Waals surface area contributed by atoms with Crippen molar-refractivity contribution in [2.45, 2.75) is 56.8 Å². The zero-order valence-corrected chi connectivity index (χ0v) is 17.7. The van der Waals surface area contributed by atoms with E-state index in [1.165, 1.54) is 10.4 Å². The fraction of sp³-hybridized carbons (Fsp3) is 0.545. The van der Waals surface area contributed by atoms with Crippen LogP contribution in [0.15, 0.2) is 21.5 Å². The van der Waals surface area contributed by atoms with E-state index in [-0.39, 0.29) is 11.5 Å². The number of rotatable bonds is 4. The highest BCUT2D eigenvalue weighted by molar-refractivity contribution is 7.12. The minimum atomic E-state index is -1.04. The maximum Gasteiger partial charge on any atom is 0.325 e. The smallest absolute Gasteiger partial charge is 0.325 e. The molecular weight excluding hydrogens is 405 g/mol. The molecule has 0 amide bonds. The number of nitrogens with two attached hydrogens (primary N) is 1. The molecule has 0 aromatic carbocycles. The normalized spacial score (nSPS) is 28.4. The third-order valence-electron chi connectivity index (χ3n) is 7.28. The van der Waals surface area contributed by atoms with E-state index in [9.17, 15) is 14.7 Å². The van der Waals surface area contributed by atoms with Crippen LogP contribution in [0.5, 0.6) is 0 Å². The van der Waals surface area contributed by atoms with Crippen molar-refractivity contribution in [2.24, 2.45) is 17.6 Å². The van der Waals surface area contributed by atoms with Gasteiger partial charge in [0.2, 0.25) is 0 Å². The van der Waals surface area contributed by atoms with Crippen LogP contribution in [0.1, 0.15) is 65.1 Å². The number of hydrogen-bond donors (Lipinski definition) is 4. The number of aryl methyl sites for hydroxylation is 1. The summed E-state index contributed by atoms with van der Waals surface area (Å²) in [5.41, 5.74) is 4.74. The molecule has 0 aliphatic heterocycles. The number of nitrogens with one attached hydrogen (secondary N) is 2. The Morgan fingerprint density at radius 2 is 2.07 bits per heavy atom. The van der Waals surface area contributed by atoms with E-state index in [0.29, 0.717) is 18.2 Å². The van der Waals surface area contributed by atoms with Crippen molar-refractivity contribution in [2.75, 3.05) is 6.54 Å². The molecule has 2 aromatic rings. The van der Waals surface area contributed by atoms with Gasteiger partial charge in [-0.15, -0.1) is 11.3 Å². The van der Waals surface area contributed by atoms with E-state index in [2.05, 4.69) is 16.0 Å². The molecule has 30 heavy (non-hydrogen) atoms. The molecular formula is C22H26FN3O3S. The van der Waals surface area contributed by atoms with Gasteiger partial charge in [-0.3, -0.25) is 9.78 Å². The Balaban J connectivity index is 1.69. The predicted octanol–water partition coefficient (Wildman–Crippen LogP) is 3.24. The third kappa shape index (κ3) is 2.69. The summed E-state index contributed by atoms with van der Waals surface area (Å²) in [6.45, 7) is 2.53. The zero-order valence-electron chi connectivity index (χ0n) is 16.9. The van der Waals surface area contributed by atoms with Crippen molar-refractivity contribution < 1.29 is 9.50 Å². The van der Waals surface area contributed by atoms with E-state index in [4.69, 9.17) is 5.73 Å². The first-order chi connectivity index (χ1) is 14.4. The predicted molar refractivity (Wildman–Crippen MR) is 115 cm³/mol. The first-order valence-electron chi connectivity index (χ1n) is 10.7. The molecule has 1 saturated carbocycles. The van der Waals surface area contributed by atoms with Gasteiger partial charge in [-0.1, -0.05) is 6.92 Å². The van der Waals surface area contributed by atoms with Crippen molar-refractivity contribution in [1.29, 1.82) is 0 Å². The van der Waals surface area contributed by atoms with Crippen molar-refractivity contribution in [3.8, 4) is 0 Å². The molecule has 0 radical (unpaired) electrons. The van der Waals surface area contributed by atoms with E-state index in [1.54, 1.807) is 11.3 Å². The maximum atomic E-state index is 16.0. The molecule has 3 atom stereocenters. The van der Waals surface area contributed by atoms with Gasteiger partial charge in [-0.05, 0) is 68.5 Å². The Hall–Kier alpha value is -2.19. The number of halogens is 1. The Bertz CT molecular complexity index is 1160. The lowest BCUT2D eigenvalue weighted by Gasteiger charge is -2.41. The molecule has 0 saturated heterocycles. The second kappa shape index (κ2) is 6.92. The standard InChI is InChI=1S/C22H26FN3O3S/c1-10-17-16(20(28)26-21(29)25-17)18(27)19(23)22(10,13-3-4-13)15-9-12-8-11(6-7-24)2-5-14(12)30-15/h9-11,13,27H,2-8,24H2,1H3,(H2,25,26,28,29). The van der Waals surface area contributed by atoms with Gasteiger partial charge in [0.05, 0.1) is 5.41 Å². The van der Waals surface area contributed by atoms with Crippen LogP contribution >= 0.6 is 11.3 Å². The molecule has 0 spiro atoms.